The van der Waals surface area contributed by atoms with Crippen molar-refractivity contribution in [2.75, 3.05) is 82.8 Å². The van der Waals surface area contributed by atoms with E-state index in [0.29, 0.717) is 5.11 Å². The Hall–Kier alpha value is -2.00. The maximum atomic E-state index is 5.48. The van der Waals surface area contributed by atoms with Crippen LogP contribution in [0.2, 0.25) is 0 Å². The first-order valence-electron chi connectivity index (χ1n) is 10.8. The Morgan fingerprint density at radius 2 is 1.87 bits per heavy atom. The molecule has 1 aromatic heterocycles. The number of ether oxygens (including phenoxy) is 1. The first-order chi connectivity index (χ1) is 14.6. The molecule has 2 aromatic rings. The van der Waals surface area contributed by atoms with E-state index >= 15 is 0 Å². The predicted octanol–water partition coefficient (Wildman–Crippen LogP) is 1.91. The number of hydrogen-bond acceptors (Lipinski definition) is 6. The van der Waals surface area contributed by atoms with Crippen LogP contribution in [-0.2, 0) is 4.74 Å². The van der Waals surface area contributed by atoms with Crippen LogP contribution < -0.4 is 15.5 Å². The number of thiocarbonyl (C=S) groups is 1. The van der Waals surface area contributed by atoms with Crippen molar-refractivity contribution in [2.45, 2.75) is 6.92 Å². The standard InChI is InChI=1S/C22H32N6OS/c1-17-15-21(28-9-7-26(2)8-10-28)25-20-4-3-18(16-19(17)20)24-22(30)23-5-6-27-11-13-29-14-12-27/h3-4,15-16H,5-14H2,1-2H3,(H2,23,24,30). The molecule has 162 valence electrons. The van der Waals surface area contributed by atoms with Gasteiger partial charge in [-0.3, -0.25) is 4.90 Å². The molecule has 7 nitrogen and oxygen atoms in total. The molecule has 2 N–H and O–H groups in total. The van der Waals surface area contributed by atoms with Crippen molar-refractivity contribution < 1.29 is 4.74 Å². The van der Waals surface area contributed by atoms with Gasteiger partial charge in [-0.2, -0.15) is 0 Å². The molecule has 2 fully saturated rings. The Balaban J connectivity index is 1.36. The van der Waals surface area contributed by atoms with Crippen LogP contribution in [0.3, 0.4) is 0 Å². The number of fused-ring (bicyclic) bond motifs is 1. The maximum absolute atomic E-state index is 5.48. The minimum absolute atomic E-state index is 0.655. The van der Waals surface area contributed by atoms with Crippen LogP contribution >= 0.6 is 12.2 Å². The highest BCUT2D eigenvalue weighted by Gasteiger charge is 2.16. The summed E-state index contributed by atoms with van der Waals surface area (Å²) in [5.41, 5.74) is 3.26. The van der Waals surface area contributed by atoms with Gasteiger partial charge >= 0.3 is 0 Å². The molecule has 0 radical (unpaired) electrons. The van der Waals surface area contributed by atoms with E-state index in [-0.39, 0.29) is 0 Å². The first kappa shape index (κ1) is 21.2. The number of rotatable bonds is 5. The number of aromatic nitrogens is 1. The zero-order valence-electron chi connectivity index (χ0n) is 18.0. The summed E-state index contributed by atoms with van der Waals surface area (Å²) in [4.78, 5) is 12.1. The van der Waals surface area contributed by atoms with Gasteiger partial charge in [0.25, 0.3) is 0 Å². The largest absolute Gasteiger partial charge is 0.379 e. The SMILES string of the molecule is Cc1cc(N2CCN(C)CC2)nc2ccc(NC(=S)NCCN3CCOCC3)cc12. The number of hydrogen-bond donors (Lipinski definition) is 2. The second-order valence-electron chi connectivity index (χ2n) is 8.15. The third-order valence-electron chi connectivity index (χ3n) is 5.90. The van der Waals surface area contributed by atoms with Crippen molar-refractivity contribution in [3.05, 3.63) is 29.8 Å². The van der Waals surface area contributed by atoms with E-state index in [0.717, 1.165) is 88.0 Å². The molecule has 0 spiro atoms. The van der Waals surface area contributed by atoms with E-state index in [1.54, 1.807) is 0 Å². The summed E-state index contributed by atoms with van der Waals surface area (Å²) in [6, 6.07) is 8.48. The van der Waals surface area contributed by atoms with Crippen molar-refractivity contribution in [3.8, 4) is 0 Å². The van der Waals surface area contributed by atoms with Crippen molar-refractivity contribution >= 4 is 39.7 Å². The normalized spacial score (nSPS) is 18.5. The summed E-state index contributed by atoms with van der Waals surface area (Å²) in [5, 5.41) is 8.44. The van der Waals surface area contributed by atoms with Gasteiger partial charge in [0, 0.05) is 63.4 Å². The minimum atomic E-state index is 0.655. The average Bonchev–Trinajstić information content (AvgIpc) is 2.75. The fraction of sp³-hybridized carbons (Fsp3) is 0.545. The molecule has 0 bridgehead atoms. The lowest BCUT2D eigenvalue weighted by atomic mass is 10.1. The molecule has 3 heterocycles. The van der Waals surface area contributed by atoms with E-state index < -0.39 is 0 Å². The summed E-state index contributed by atoms with van der Waals surface area (Å²) >= 11 is 5.48. The molecular weight excluding hydrogens is 396 g/mol. The smallest absolute Gasteiger partial charge is 0.170 e. The van der Waals surface area contributed by atoms with E-state index in [2.05, 4.69) is 63.6 Å². The Kier molecular flexibility index (Phi) is 6.99. The van der Waals surface area contributed by atoms with Gasteiger partial charge in [0.05, 0.1) is 18.7 Å². The highest BCUT2D eigenvalue weighted by atomic mass is 32.1. The molecule has 2 aliphatic rings. The van der Waals surface area contributed by atoms with Crippen LogP contribution in [0.4, 0.5) is 11.5 Å². The molecule has 0 atom stereocenters. The first-order valence-corrected chi connectivity index (χ1v) is 11.2. The number of likely N-dealkylation sites (N-methyl/N-ethyl adjacent to an activating group) is 1. The second kappa shape index (κ2) is 9.87. The van der Waals surface area contributed by atoms with Crippen LogP contribution in [0.5, 0.6) is 0 Å². The quantitative estimate of drug-likeness (QED) is 0.701. The van der Waals surface area contributed by atoms with E-state index in [1.807, 2.05) is 0 Å². The lowest BCUT2D eigenvalue weighted by molar-refractivity contribution is 0.0389. The third kappa shape index (κ3) is 5.37. The van der Waals surface area contributed by atoms with Crippen molar-refractivity contribution in [2.24, 2.45) is 0 Å². The molecule has 8 heteroatoms. The topological polar surface area (TPSA) is 55.9 Å². The molecule has 30 heavy (non-hydrogen) atoms. The van der Waals surface area contributed by atoms with Crippen molar-refractivity contribution in [1.29, 1.82) is 0 Å². The fourth-order valence-electron chi connectivity index (χ4n) is 3.98. The Labute approximate surface area is 184 Å². The van der Waals surface area contributed by atoms with Crippen LogP contribution in [0.1, 0.15) is 5.56 Å². The number of benzene rings is 1. The van der Waals surface area contributed by atoms with E-state index in [9.17, 15) is 0 Å². The van der Waals surface area contributed by atoms with Gasteiger partial charge in [-0.25, -0.2) is 4.98 Å². The molecule has 0 unspecified atom stereocenters. The van der Waals surface area contributed by atoms with Crippen molar-refractivity contribution in [3.63, 3.8) is 0 Å². The molecule has 0 aliphatic carbocycles. The molecule has 2 saturated heterocycles. The monoisotopic (exact) mass is 428 g/mol. The minimum Gasteiger partial charge on any atom is -0.379 e. The van der Waals surface area contributed by atoms with Gasteiger partial charge < -0.3 is 25.2 Å². The van der Waals surface area contributed by atoms with Crippen molar-refractivity contribution in [1.82, 2.24) is 20.1 Å². The summed E-state index contributed by atoms with van der Waals surface area (Å²) in [7, 11) is 2.17. The number of aryl methyl sites for hydroxylation is 1. The number of piperazine rings is 1. The van der Waals surface area contributed by atoms with Gasteiger partial charge in [-0.15, -0.1) is 0 Å². The number of morpholine rings is 1. The van der Waals surface area contributed by atoms with Gasteiger partial charge in [0.15, 0.2) is 5.11 Å². The highest BCUT2D eigenvalue weighted by molar-refractivity contribution is 7.80. The van der Waals surface area contributed by atoms with Gasteiger partial charge in [-0.1, -0.05) is 0 Å². The third-order valence-corrected chi connectivity index (χ3v) is 6.15. The number of nitrogens with zero attached hydrogens (tertiary/aromatic N) is 4. The summed E-state index contributed by atoms with van der Waals surface area (Å²) in [5.74, 6) is 1.08. The van der Waals surface area contributed by atoms with Gasteiger partial charge in [0.2, 0.25) is 0 Å². The number of anilines is 2. The average molecular weight is 429 g/mol. The zero-order chi connectivity index (χ0) is 20.9. The van der Waals surface area contributed by atoms with Gasteiger partial charge in [0.1, 0.15) is 5.82 Å². The molecular formula is C22H32N6OS. The zero-order valence-corrected chi connectivity index (χ0v) is 18.8. The Bertz CT molecular complexity index is 877. The van der Waals surface area contributed by atoms with E-state index in [1.165, 1.54) is 5.56 Å². The number of nitrogens with one attached hydrogen (secondary N) is 2. The predicted molar refractivity (Wildman–Crippen MR) is 128 cm³/mol. The van der Waals surface area contributed by atoms with Gasteiger partial charge in [-0.05, 0) is 56.0 Å². The fourth-order valence-corrected chi connectivity index (χ4v) is 4.20. The van der Waals surface area contributed by atoms with Crippen LogP contribution in [0, 0.1) is 6.92 Å². The Morgan fingerprint density at radius 1 is 1.10 bits per heavy atom. The summed E-state index contributed by atoms with van der Waals surface area (Å²) < 4.78 is 5.39. The highest BCUT2D eigenvalue weighted by Crippen LogP contribution is 2.26. The second-order valence-corrected chi connectivity index (χ2v) is 8.56. The lowest BCUT2D eigenvalue weighted by Gasteiger charge is -2.33. The summed E-state index contributed by atoms with van der Waals surface area (Å²) in [6.07, 6.45) is 0. The Morgan fingerprint density at radius 3 is 2.63 bits per heavy atom. The molecule has 0 amide bonds. The van der Waals surface area contributed by atoms with E-state index in [4.69, 9.17) is 21.9 Å². The van der Waals surface area contributed by atoms with Crippen LogP contribution in [0.25, 0.3) is 10.9 Å². The molecule has 1 aromatic carbocycles. The van der Waals surface area contributed by atoms with Crippen LogP contribution in [-0.4, -0.2) is 92.5 Å². The summed E-state index contributed by atoms with van der Waals surface area (Å²) in [6.45, 7) is 11.8. The molecule has 2 aliphatic heterocycles. The molecule has 4 rings (SSSR count). The lowest BCUT2D eigenvalue weighted by Crippen LogP contribution is -2.44. The number of pyridine rings is 1. The molecule has 0 saturated carbocycles. The van der Waals surface area contributed by atoms with Crippen LogP contribution in [0.15, 0.2) is 24.3 Å². The maximum Gasteiger partial charge on any atom is 0.170 e.